The van der Waals surface area contributed by atoms with Gasteiger partial charge in [-0.15, -0.1) is 0 Å². The molecule has 6 rings (SSSR count). The zero-order valence-electron chi connectivity index (χ0n) is 20.8. The van der Waals surface area contributed by atoms with Gasteiger partial charge in [0.25, 0.3) is 5.56 Å². The lowest BCUT2D eigenvalue weighted by molar-refractivity contribution is -0.135. The van der Waals surface area contributed by atoms with Crippen molar-refractivity contribution >= 4 is 39.8 Å². The van der Waals surface area contributed by atoms with Crippen molar-refractivity contribution in [3.8, 4) is 0 Å². The number of amides is 2. The van der Waals surface area contributed by atoms with Crippen molar-refractivity contribution in [1.82, 2.24) is 29.5 Å². The number of carbonyl (C=O) groups is 2. The Balaban J connectivity index is 1.06. The summed E-state index contributed by atoms with van der Waals surface area (Å²) in [5.41, 5.74) is 0.818. The third-order valence-corrected chi connectivity index (χ3v) is 8.58. The summed E-state index contributed by atoms with van der Waals surface area (Å²) in [7, 11) is 0. The van der Waals surface area contributed by atoms with Gasteiger partial charge in [0.05, 0.1) is 37.3 Å². The van der Waals surface area contributed by atoms with Crippen molar-refractivity contribution in [1.29, 1.82) is 0 Å². The first-order valence-corrected chi connectivity index (χ1v) is 13.9. The number of benzene rings is 1. The fraction of sp³-hybridized carbons (Fsp3) is 0.462. The molecule has 4 heterocycles. The van der Waals surface area contributed by atoms with Gasteiger partial charge in [0.15, 0.2) is 10.8 Å². The van der Waals surface area contributed by atoms with Crippen LogP contribution >= 0.6 is 11.8 Å². The largest absolute Gasteiger partial charge is 0.354 e. The molecule has 0 spiro atoms. The average Bonchev–Trinajstić information content (AvgIpc) is 3.50. The van der Waals surface area contributed by atoms with E-state index in [0.29, 0.717) is 35.4 Å². The van der Waals surface area contributed by atoms with Gasteiger partial charge in [0.2, 0.25) is 11.8 Å². The summed E-state index contributed by atoms with van der Waals surface area (Å²) in [6, 6.07) is 6.01. The summed E-state index contributed by atoms with van der Waals surface area (Å²) in [6.07, 6.45) is 7.13. The Bertz CT molecular complexity index is 1480. The summed E-state index contributed by atoms with van der Waals surface area (Å²) in [5.74, 6) is 0.250. The van der Waals surface area contributed by atoms with Gasteiger partial charge >= 0.3 is 0 Å². The maximum Gasteiger partial charge on any atom is 0.264 e. The van der Waals surface area contributed by atoms with Crippen LogP contribution in [0.2, 0.25) is 0 Å². The van der Waals surface area contributed by atoms with Crippen molar-refractivity contribution in [3.05, 3.63) is 58.5 Å². The van der Waals surface area contributed by atoms with Gasteiger partial charge in [-0.25, -0.2) is 14.1 Å². The smallest absolute Gasteiger partial charge is 0.264 e. The lowest BCUT2D eigenvalue weighted by Crippen LogP contribution is -2.51. The predicted molar refractivity (Wildman–Crippen MR) is 141 cm³/mol. The molecule has 38 heavy (non-hydrogen) atoms. The van der Waals surface area contributed by atoms with Crippen molar-refractivity contribution in [3.63, 3.8) is 0 Å². The predicted octanol–water partition coefficient (Wildman–Crippen LogP) is 2.16. The molecule has 3 atom stereocenters. The molecular weight excluding hydrogens is 509 g/mol. The molecule has 1 aliphatic carbocycles. The molecule has 1 saturated heterocycles. The maximum absolute atomic E-state index is 13.5. The normalized spacial score (nSPS) is 22.8. The molecule has 3 aliphatic rings. The molecule has 1 aromatic carbocycles. The quantitative estimate of drug-likeness (QED) is 0.494. The van der Waals surface area contributed by atoms with E-state index >= 15 is 0 Å². The Labute approximate surface area is 222 Å². The summed E-state index contributed by atoms with van der Waals surface area (Å²) in [6.45, 7) is 0.852. The Kier molecular flexibility index (Phi) is 6.73. The van der Waals surface area contributed by atoms with Crippen LogP contribution in [-0.2, 0) is 22.7 Å². The van der Waals surface area contributed by atoms with E-state index in [1.54, 1.807) is 33.5 Å². The second-order valence-electron chi connectivity index (χ2n) is 10.0. The molecule has 12 heteroatoms. The number of carbonyl (C=O) groups excluding carboxylic acids is 2. The standard InChI is InChI=1S/C26H28FN7O3S/c27-17-5-3-4-16(10-17)13-32-15-29-23-20(24(32)36)12-30-33(23)9-8-28-22(35)11-18-14-38-26-31-21-7-2-1-6-19(21)25(37)34(18)26/h3-5,10,12,15,18-19,21H,1-2,6-9,11,13-14H2,(H,28,35). The fourth-order valence-electron chi connectivity index (χ4n) is 5.56. The molecule has 2 fully saturated rings. The van der Waals surface area contributed by atoms with E-state index in [2.05, 4.69) is 15.4 Å². The van der Waals surface area contributed by atoms with E-state index in [-0.39, 0.29) is 54.2 Å². The van der Waals surface area contributed by atoms with Crippen LogP contribution in [0.1, 0.15) is 37.7 Å². The van der Waals surface area contributed by atoms with E-state index in [4.69, 9.17) is 4.99 Å². The van der Waals surface area contributed by atoms with Crippen LogP contribution in [0.25, 0.3) is 11.0 Å². The van der Waals surface area contributed by atoms with Crippen molar-refractivity contribution in [2.24, 2.45) is 10.9 Å². The lowest BCUT2D eigenvalue weighted by atomic mass is 9.83. The number of nitrogens with one attached hydrogen (secondary N) is 1. The highest BCUT2D eigenvalue weighted by Crippen LogP contribution is 2.38. The molecule has 0 radical (unpaired) electrons. The fourth-order valence-corrected chi connectivity index (χ4v) is 6.76. The lowest BCUT2D eigenvalue weighted by Gasteiger charge is -2.37. The van der Waals surface area contributed by atoms with Gasteiger partial charge in [-0.05, 0) is 30.5 Å². The number of amidine groups is 1. The van der Waals surface area contributed by atoms with E-state index in [9.17, 15) is 18.8 Å². The van der Waals surface area contributed by atoms with Gasteiger partial charge in [0, 0.05) is 18.7 Å². The number of aliphatic imine (C=N–C) groups is 1. The zero-order chi connectivity index (χ0) is 26.2. The van der Waals surface area contributed by atoms with Crippen molar-refractivity contribution < 1.29 is 14.0 Å². The topological polar surface area (TPSA) is 114 Å². The molecular formula is C26H28FN7O3S. The van der Waals surface area contributed by atoms with Gasteiger partial charge in [-0.2, -0.15) is 5.10 Å². The summed E-state index contributed by atoms with van der Waals surface area (Å²) < 4.78 is 16.5. The Morgan fingerprint density at radius 3 is 2.95 bits per heavy atom. The van der Waals surface area contributed by atoms with Gasteiger partial charge in [0.1, 0.15) is 17.5 Å². The van der Waals surface area contributed by atoms with Crippen LogP contribution in [0, 0.1) is 11.7 Å². The Morgan fingerprint density at radius 2 is 2.08 bits per heavy atom. The molecule has 0 bridgehead atoms. The van der Waals surface area contributed by atoms with Crippen molar-refractivity contribution in [2.75, 3.05) is 12.3 Å². The number of thioether (sulfide) groups is 1. The summed E-state index contributed by atoms with van der Waals surface area (Å²) >= 11 is 1.57. The molecule has 3 aromatic rings. The summed E-state index contributed by atoms with van der Waals surface area (Å²) in [4.78, 5) is 49.7. The zero-order valence-corrected chi connectivity index (χ0v) is 21.6. The Morgan fingerprint density at radius 1 is 1.21 bits per heavy atom. The number of halogens is 1. The minimum absolute atomic E-state index is 0.0456. The second-order valence-corrected chi connectivity index (χ2v) is 11.0. The summed E-state index contributed by atoms with van der Waals surface area (Å²) in [5, 5.41) is 8.32. The molecule has 1 saturated carbocycles. The molecule has 10 nitrogen and oxygen atoms in total. The molecule has 3 unspecified atom stereocenters. The first kappa shape index (κ1) is 24.8. The van der Waals surface area contributed by atoms with Gasteiger partial charge in [-0.3, -0.25) is 28.8 Å². The third kappa shape index (κ3) is 4.72. The van der Waals surface area contributed by atoms with Crippen LogP contribution < -0.4 is 10.9 Å². The molecule has 1 N–H and O–H groups in total. The molecule has 2 aliphatic heterocycles. The molecule has 2 aromatic heterocycles. The highest BCUT2D eigenvalue weighted by atomic mass is 32.2. The minimum atomic E-state index is -0.361. The van der Waals surface area contributed by atoms with E-state index in [0.717, 1.165) is 30.9 Å². The number of fused-ring (bicyclic) bond motifs is 3. The van der Waals surface area contributed by atoms with Crippen LogP contribution in [0.15, 0.2) is 46.6 Å². The van der Waals surface area contributed by atoms with Gasteiger partial charge in [-0.1, -0.05) is 36.7 Å². The SMILES string of the molecule is O=C(CC1CSC2=NC3CCCCC3C(=O)N21)NCCn1ncc2c(=O)n(Cc3cccc(F)c3)cnc21. The Hall–Kier alpha value is -3.54. The molecule has 2 amide bonds. The molecule has 198 valence electrons. The first-order valence-electron chi connectivity index (χ1n) is 12.9. The van der Waals surface area contributed by atoms with Crippen LogP contribution in [0.3, 0.4) is 0 Å². The monoisotopic (exact) mass is 537 g/mol. The highest BCUT2D eigenvalue weighted by molar-refractivity contribution is 8.14. The number of aromatic nitrogens is 4. The van der Waals surface area contributed by atoms with E-state index < -0.39 is 0 Å². The maximum atomic E-state index is 13.5. The van der Waals surface area contributed by atoms with E-state index in [1.807, 2.05) is 0 Å². The van der Waals surface area contributed by atoms with Crippen LogP contribution in [0.4, 0.5) is 4.39 Å². The third-order valence-electron chi connectivity index (χ3n) is 7.47. The van der Waals surface area contributed by atoms with Gasteiger partial charge < -0.3 is 5.32 Å². The number of hydrogen-bond donors (Lipinski definition) is 1. The second kappa shape index (κ2) is 10.3. The van der Waals surface area contributed by atoms with E-state index in [1.165, 1.54) is 29.2 Å². The number of rotatable bonds is 7. The number of hydrogen-bond acceptors (Lipinski definition) is 7. The van der Waals surface area contributed by atoms with Crippen molar-refractivity contribution in [2.45, 2.75) is 57.3 Å². The minimum Gasteiger partial charge on any atom is -0.354 e. The highest BCUT2D eigenvalue weighted by Gasteiger charge is 2.45. The average molecular weight is 538 g/mol. The van der Waals surface area contributed by atoms with Crippen LogP contribution in [0.5, 0.6) is 0 Å². The number of nitrogens with zero attached hydrogens (tertiary/aromatic N) is 6. The van der Waals surface area contributed by atoms with Crippen LogP contribution in [-0.4, -0.2) is 65.6 Å². The first-order chi connectivity index (χ1) is 18.5.